The summed E-state index contributed by atoms with van der Waals surface area (Å²) < 4.78 is 5.65. The fraction of sp³-hybridized carbons (Fsp3) is 0. The lowest BCUT2D eigenvalue weighted by atomic mass is 10.0. The molecule has 3 nitrogen and oxygen atoms in total. The van der Waals surface area contributed by atoms with Crippen molar-refractivity contribution < 1.29 is 4.79 Å². The highest BCUT2D eigenvalue weighted by Crippen LogP contribution is 2.51. The summed E-state index contributed by atoms with van der Waals surface area (Å²) in [4.78, 5) is 15.1. The van der Waals surface area contributed by atoms with Crippen LogP contribution in [0, 0.1) is 0 Å². The van der Waals surface area contributed by atoms with Crippen molar-refractivity contribution in [2.75, 3.05) is 0 Å². The average Bonchev–Trinajstić information content (AvgIpc) is 2.94. The summed E-state index contributed by atoms with van der Waals surface area (Å²) in [5.41, 5.74) is 3.20. The van der Waals surface area contributed by atoms with Gasteiger partial charge in [0.05, 0.1) is 18.4 Å². The quantitative estimate of drug-likeness (QED) is 0.148. The summed E-state index contributed by atoms with van der Waals surface area (Å²) in [6.45, 7) is 0. The number of rotatable bonds is 6. The van der Waals surface area contributed by atoms with Crippen molar-refractivity contribution in [2.24, 2.45) is 9.74 Å². The maximum Gasteiger partial charge on any atom is 0.240 e. The van der Waals surface area contributed by atoms with Gasteiger partial charge in [-0.15, -0.1) is 0 Å². The van der Waals surface area contributed by atoms with E-state index in [0.29, 0.717) is 5.69 Å². The summed E-state index contributed by atoms with van der Waals surface area (Å²) in [5, 5.41) is 3.52. The summed E-state index contributed by atoms with van der Waals surface area (Å²) in [6, 6.07) is 47.3. The second-order valence-electron chi connectivity index (χ2n) is 7.98. The second-order valence-corrected chi connectivity index (χ2v) is 11.0. The first-order chi connectivity index (χ1) is 17.3. The molecule has 0 heterocycles. The lowest BCUT2D eigenvalue weighted by Gasteiger charge is -2.27. The molecule has 0 saturated carbocycles. The van der Waals surface area contributed by atoms with Gasteiger partial charge in [0.1, 0.15) is 0 Å². The number of hydrogen-bond donors (Lipinski definition) is 0. The molecular formula is C31H23N2OP. The fourth-order valence-electron chi connectivity index (χ4n) is 4.35. The summed E-state index contributed by atoms with van der Waals surface area (Å²) in [6.07, 6.45) is 1.69. The topological polar surface area (TPSA) is 41.8 Å². The van der Waals surface area contributed by atoms with Gasteiger partial charge in [-0.2, -0.15) is 4.99 Å². The zero-order chi connectivity index (χ0) is 23.9. The standard InChI is InChI=1S/C31H23N2OP/c34-24-32-30-22-12-10-20-28(30)29-21-11-13-23-31(29)33-35(25-14-4-1-5-15-25,26-16-6-2-7-17-26)27-18-8-3-9-19-27/h1-23H. The van der Waals surface area contributed by atoms with Crippen LogP contribution in [-0.2, 0) is 4.79 Å². The number of carbonyl (C=O) groups excluding carboxylic acids is 1. The van der Waals surface area contributed by atoms with Crippen LogP contribution in [0.25, 0.3) is 11.1 Å². The molecule has 5 aromatic carbocycles. The fourth-order valence-corrected chi connectivity index (χ4v) is 7.90. The molecular weight excluding hydrogens is 447 g/mol. The van der Waals surface area contributed by atoms with Crippen molar-refractivity contribution in [3.05, 3.63) is 140 Å². The number of isocyanates is 1. The van der Waals surface area contributed by atoms with Gasteiger partial charge in [0, 0.05) is 27.0 Å². The molecule has 0 aliphatic carbocycles. The Morgan fingerprint density at radius 1 is 0.457 bits per heavy atom. The van der Waals surface area contributed by atoms with Gasteiger partial charge in [-0.3, -0.25) is 4.74 Å². The van der Waals surface area contributed by atoms with Gasteiger partial charge in [0.25, 0.3) is 0 Å². The van der Waals surface area contributed by atoms with Gasteiger partial charge in [-0.1, -0.05) is 127 Å². The second kappa shape index (κ2) is 10.3. The van der Waals surface area contributed by atoms with Crippen molar-refractivity contribution in [3.63, 3.8) is 0 Å². The minimum atomic E-state index is -2.44. The van der Waals surface area contributed by atoms with Gasteiger partial charge in [-0.25, -0.2) is 4.79 Å². The van der Waals surface area contributed by atoms with Gasteiger partial charge in [0.15, 0.2) is 0 Å². The van der Waals surface area contributed by atoms with Crippen LogP contribution in [0.5, 0.6) is 0 Å². The predicted octanol–water partition coefficient (Wildman–Crippen LogP) is 7.13. The van der Waals surface area contributed by atoms with E-state index in [2.05, 4.69) is 77.8 Å². The first kappa shape index (κ1) is 22.5. The van der Waals surface area contributed by atoms with Crippen LogP contribution in [0.2, 0.25) is 0 Å². The molecule has 0 bridgehead atoms. The smallest absolute Gasteiger partial charge is 0.240 e. The Morgan fingerprint density at radius 3 is 1.29 bits per heavy atom. The van der Waals surface area contributed by atoms with Crippen molar-refractivity contribution in [3.8, 4) is 11.1 Å². The third-order valence-electron chi connectivity index (χ3n) is 5.91. The van der Waals surface area contributed by atoms with E-state index < -0.39 is 7.05 Å². The zero-order valence-corrected chi connectivity index (χ0v) is 19.9. The number of para-hydroxylation sites is 1. The summed E-state index contributed by atoms with van der Waals surface area (Å²) in [5.74, 6) is 0. The maximum atomic E-state index is 11.1. The first-order valence-corrected chi connectivity index (χ1v) is 13.1. The molecule has 4 heteroatoms. The van der Waals surface area contributed by atoms with Crippen LogP contribution in [0.3, 0.4) is 0 Å². The SMILES string of the molecule is O=C=Nc1ccccc1-c1ccccc1N=P(c1ccccc1)(c1ccccc1)c1ccccc1. The molecule has 0 radical (unpaired) electrons. The third-order valence-corrected chi connectivity index (χ3v) is 9.56. The van der Waals surface area contributed by atoms with Crippen LogP contribution in [-0.4, -0.2) is 6.08 Å². The van der Waals surface area contributed by atoms with Crippen LogP contribution in [0.4, 0.5) is 11.4 Å². The maximum absolute atomic E-state index is 11.1. The van der Waals surface area contributed by atoms with Gasteiger partial charge in [0.2, 0.25) is 6.08 Å². The van der Waals surface area contributed by atoms with Gasteiger partial charge < -0.3 is 0 Å². The molecule has 35 heavy (non-hydrogen) atoms. The Morgan fingerprint density at radius 2 is 0.829 bits per heavy atom. The molecule has 0 aliphatic heterocycles. The van der Waals surface area contributed by atoms with E-state index in [-0.39, 0.29) is 0 Å². The number of benzene rings is 5. The lowest BCUT2D eigenvalue weighted by molar-refractivity contribution is 0.565. The summed E-state index contributed by atoms with van der Waals surface area (Å²) >= 11 is 0. The van der Waals surface area contributed by atoms with E-state index in [9.17, 15) is 4.79 Å². The zero-order valence-electron chi connectivity index (χ0n) is 19.0. The minimum Gasteiger partial charge on any atom is -0.253 e. The van der Waals surface area contributed by atoms with E-state index in [4.69, 9.17) is 4.74 Å². The molecule has 0 aliphatic rings. The first-order valence-electron chi connectivity index (χ1n) is 11.4. The highest BCUT2D eigenvalue weighted by molar-refractivity contribution is 7.87. The number of hydrogen-bond acceptors (Lipinski definition) is 3. The van der Waals surface area contributed by atoms with E-state index in [1.807, 2.05) is 66.7 Å². The minimum absolute atomic E-state index is 0.577. The average molecular weight is 471 g/mol. The summed E-state index contributed by atoms with van der Waals surface area (Å²) in [7, 11) is -2.44. The van der Waals surface area contributed by atoms with E-state index in [1.54, 1.807) is 6.08 Å². The van der Waals surface area contributed by atoms with Gasteiger partial charge >= 0.3 is 0 Å². The monoisotopic (exact) mass is 470 g/mol. The highest BCUT2D eigenvalue weighted by Gasteiger charge is 2.28. The lowest BCUT2D eigenvalue weighted by Crippen LogP contribution is -2.25. The molecule has 0 fully saturated rings. The Kier molecular flexibility index (Phi) is 6.63. The van der Waals surface area contributed by atoms with E-state index >= 15 is 0 Å². The molecule has 5 aromatic rings. The Labute approximate surface area is 205 Å². The van der Waals surface area contributed by atoms with Gasteiger partial charge in [-0.05, 0) is 12.1 Å². The van der Waals surface area contributed by atoms with Crippen molar-refractivity contribution in [2.45, 2.75) is 0 Å². The number of nitrogens with zero attached hydrogens (tertiary/aromatic N) is 2. The molecule has 0 N–H and O–H groups in total. The van der Waals surface area contributed by atoms with Crippen molar-refractivity contribution in [1.29, 1.82) is 0 Å². The molecule has 0 aromatic heterocycles. The van der Waals surface area contributed by atoms with Crippen LogP contribution in [0.15, 0.2) is 149 Å². The Hall–Kier alpha value is -4.29. The predicted molar refractivity (Wildman–Crippen MR) is 147 cm³/mol. The third kappa shape index (κ3) is 4.44. The largest absolute Gasteiger partial charge is 0.253 e. The van der Waals surface area contributed by atoms with Crippen LogP contribution >= 0.6 is 7.05 Å². The normalized spacial score (nSPS) is 10.9. The molecule has 0 saturated heterocycles. The van der Waals surface area contributed by atoms with Crippen LogP contribution < -0.4 is 15.9 Å². The van der Waals surface area contributed by atoms with E-state index in [0.717, 1.165) is 16.8 Å². The van der Waals surface area contributed by atoms with Crippen molar-refractivity contribution in [1.82, 2.24) is 0 Å². The molecule has 5 rings (SSSR count). The Balaban J connectivity index is 1.90. The highest BCUT2D eigenvalue weighted by atomic mass is 31.2. The van der Waals surface area contributed by atoms with Crippen molar-refractivity contribution >= 4 is 40.4 Å². The molecule has 0 atom stereocenters. The van der Waals surface area contributed by atoms with E-state index in [1.165, 1.54) is 15.9 Å². The number of aliphatic imine (C=N–C) groups is 1. The molecule has 168 valence electrons. The molecule has 0 amide bonds. The molecule has 0 spiro atoms. The molecule has 0 unspecified atom stereocenters. The van der Waals surface area contributed by atoms with Crippen LogP contribution in [0.1, 0.15) is 0 Å². The Bertz CT molecular complexity index is 1440.